The predicted molar refractivity (Wildman–Crippen MR) is 82.6 cm³/mol. The van der Waals surface area contributed by atoms with E-state index in [2.05, 4.69) is 10.3 Å². The summed E-state index contributed by atoms with van der Waals surface area (Å²) >= 11 is 0. The Labute approximate surface area is 119 Å². The van der Waals surface area contributed by atoms with Gasteiger partial charge < -0.3 is 11.1 Å². The minimum atomic E-state index is -0.325. The maximum atomic E-state index is 12.0. The Morgan fingerprint density at radius 2 is 2.10 bits per heavy atom. The molecule has 20 heavy (non-hydrogen) atoms. The number of pyridine rings is 1. The van der Waals surface area contributed by atoms with Crippen molar-refractivity contribution in [3.05, 3.63) is 36.0 Å². The number of aryl methyl sites for hydroxylation is 1. The number of fused-ring (bicyclic) bond motifs is 1. The highest BCUT2D eigenvalue weighted by Gasteiger charge is 2.14. The Morgan fingerprint density at radius 3 is 2.80 bits per heavy atom. The molecule has 0 aliphatic rings. The predicted octanol–water partition coefficient (Wildman–Crippen LogP) is 3.00. The van der Waals surface area contributed by atoms with Crippen molar-refractivity contribution in [2.24, 2.45) is 5.73 Å². The van der Waals surface area contributed by atoms with Crippen molar-refractivity contribution in [1.29, 1.82) is 0 Å². The molecule has 0 aliphatic carbocycles. The van der Waals surface area contributed by atoms with E-state index >= 15 is 0 Å². The SMILES string of the molecule is Cc1ccc(NC(=O)CCC(C)(C)N)c2cccnc12. The highest BCUT2D eigenvalue weighted by atomic mass is 16.1. The first-order chi connectivity index (χ1) is 9.37. The van der Waals surface area contributed by atoms with Gasteiger partial charge in [-0.15, -0.1) is 0 Å². The van der Waals surface area contributed by atoms with E-state index in [9.17, 15) is 4.79 Å². The van der Waals surface area contributed by atoms with Crippen LogP contribution < -0.4 is 11.1 Å². The van der Waals surface area contributed by atoms with Gasteiger partial charge in [-0.25, -0.2) is 0 Å². The number of nitrogens with one attached hydrogen (secondary N) is 1. The van der Waals surface area contributed by atoms with Gasteiger partial charge in [-0.2, -0.15) is 0 Å². The van der Waals surface area contributed by atoms with E-state index in [1.807, 2.05) is 45.0 Å². The minimum Gasteiger partial charge on any atom is -0.326 e. The van der Waals surface area contributed by atoms with Crippen molar-refractivity contribution >= 4 is 22.5 Å². The summed E-state index contributed by atoms with van der Waals surface area (Å²) in [4.78, 5) is 16.4. The first kappa shape index (κ1) is 14.5. The van der Waals surface area contributed by atoms with Gasteiger partial charge in [-0.3, -0.25) is 9.78 Å². The van der Waals surface area contributed by atoms with Gasteiger partial charge in [0.25, 0.3) is 0 Å². The van der Waals surface area contributed by atoms with Crippen LogP contribution in [0, 0.1) is 6.92 Å². The molecule has 0 radical (unpaired) electrons. The average molecular weight is 271 g/mol. The van der Waals surface area contributed by atoms with Crippen LogP contribution in [0.15, 0.2) is 30.5 Å². The molecular formula is C16H21N3O. The van der Waals surface area contributed by atoms with E-state index in [1.54, 1.807) is 6.20 Å². The Bertz CT molecular complexity index is 629. The Morgan fingerprint density at radius 1 is 1.35 bits per heavy atom. The monoisotopic (exact) mass is 271 g/mol. The molecule has 0 atom stereocenters. The molecular weight excluding hydrogens is 250 g/mol. The molecule has 0 saturated carbocycles. The summed E-state index contributed by atoms with van der Waals surface area (Å²) in [5, 5.41) is 3.92. The summed E-state index contributed by atoms with van der Waals surface area (Å²) in [6.45, 7) is 5.86. The van der Waals surface area contributed by atoms with Gasteiger partial charge in [0.1, 0.15) is 0 Å². The van der Waals surface area contributed by atoms with Crippen LogP contribution in [0.1, 0.15) is 32.3 Å². The molecule has 1 aromatic heterocycles. The molecule has 4 nitrogen and oxygen atoms in total. The molecule has 0 fully saturated rings. The number of hydrogen-bond acceptors (Lipinski definition) is 3. The molecule has 1 amide bonds. The molecule has 2 aromatic rings. The van der Waals surface area contributed by atoms with Crippen LogP contribution >= 0.6 is 0 Å². The second kappa shape index (κ2) is 5.59. The summed E-state index contributed by atoms with van der Waals surface area (Å²) in [5.41, 5.74) is 8.40. The van der Waals surface area contributed by atoms with Crippen LogP contribution in [-0.2, 0) is 4.79 Å². The molecule has 3 N–H and O–H groups in total. The standard InChI is InChI=1S/C16H21N3O/c1-11-6-7-13(12-5-4-10-18-15(11)12)19-14(20)8-9-16(2,3)17/h4-7,10H,8-9,17H2,1-3H3,(H,19,20). The second-order valence-electron chi connectivity index (χ2n) is 5.87. The van der Waals surface area contributed by atoms with Gasteiger partial charge in [-0.05, 0) is 51.0 Å². The molecule has 0 aliphatic heterocycles. The fraction of sp³-hybridized carbons (Fsp3) is 0.375. The van der Waals surface area contributed by atoms with Crippen molar-refractivity contribution in [1.82, 2.24) is 4.98 Å². The lowest BCUT2D eigenvalue weighted by Crippen LogP contribution is -2.33. The minimum absolute atomic E-state index is 0.0162. The number of amides is 1. The number of rotatable bonds is 4. The Hall–Kier alpha value is -1.94. The summed E-state index contributed by atoms with van der Waals surface area (Å²) in [6, 6.07) is 7.74. The number of aromatic nitrogens is 1. The lowest BCUT2D eigenvalue weighted by Gasteiger charge is -2.18. The van der Waals surface area contributed by atoms with E-state index in [0.717, 1.165) is 22.2 Å². The fourth-order valence-corrected chi connectivity index (χ4v) is 2.07. The topological polar surface area (TPSA) is 68.0 Å². The highest BCUT2D eigenvalue weighted by molar-refractivity contribution is 6.01. The third-order valence-electron chi connectivity index (χ3n) is 3.24. The van der Waals surface area contributed by atoms with Crippen LogP contribution in [0.3, 0.4) is 0 Å². The first-order valence-electron chi connectivity index (χ1n) is 6.80. The zero-order valence-electron chi connectivity index (χ0n) is 12.2. The van der Waals surface area contributed by atoms with E-state index in [1.165, 1.54) is 0 Å². The van der Waals surface area contributed by atoms with E-state index in [0.29, 0.717) is 12.8 Å². The number of hydrogen-bond donors (Lipinski definition) is 2. The maximum absolute atomic E-state index is 12.0. The van der Waals surface area contributed by atoms with Crippen molar-refractivity contribution in [2.75, 3.05) is 5.32 Å². The number of carbonyl (C=O) groups is 1. The molecule has 0 bridgehead atoms. The molecule has 0 saturated heterocycles. The quantitative estimate of drug-likeness (QED) is 0.898. The van der Waals surface area contributed by atoms with E-state index in [-0.39, 0.29) is 11.4 Å². The molecule has 0 spiro atoms. The molecule has 2 rings (SSSR count). The third-order valence-corrected chi connectivity index (χ3v) is 3.24. The number of carbonyl (C=O) groups excluding carboxylic acids is 1. The Kier molecular flexibility index (Phi) is 4.04. The lowest BCUT2D eigenvalue weighted by atomic mass is 10.00. The summed E-state index contributed by atoms with van der Waals surface area (Å²) in [5.74, 6) is -0.0162. The maximum Gasteiger partial charge on any atom is 0.224 e. The molecule has 106 valence electrons. The van der Waals surface area contributed by atoms with Crippen LogP contribution in [0.4, 0.5) is 5.69 Å². The first-order valence-corrected chi connectivity index (χ1v) is 6.80. The van der Waals surface area contributed by atoms with Gasteiger partial charge in [-0.1, -0.05) is 6.07 Å². The van der Waals surface area contributed by atoms with Gasteiger partial charge in [0, 0.05) is 23.5 Å². The number of nitrogens with two attached hydrogens (primary N) is 1. The zero-order valence-corrected chi connectivity index (χ0v) is 12.2. The zero-order chi connectivity index (χ0) is 14.8. The van der Waals surface area contributed by atoms with Gasteiger partial charge in [0.15, 0.2) is 0 Å². The third kappa shape index (κ3) is 3.54. The molecule has 1 heterocycles. The lowest BCUT2D eigenvalue weighted by molar-refractivity contribution is -0.116. The van der Waals surface area contributed by atoms with Crippen molar-refractivity contribution < 1.29 is 4.79 Å². The smallest absolute Gasteiger partial charge is 0.224 e. The number of anilines is 1. The van der Waals surface area contributed by atoms with Crippen molar-refractivity contribution in [3.8, 4) is 0 Å². The number of benzene rings is 1. The van der Waals surface area contributed by atoms with Gasteiger partial charge in [0.2, 0.25) is 5.91 Å². The van der Waals surface area contributed by atoms with Crippen LogP contribution in [0.25, 0.3) is 10.9 Å². The van der Waals surface area contributed by atoms with Crippen LogP contribution in [0.5, 0.6) is 0 Å². The average Bonchev–Trinajstić information content (AvgIpc) is 2.39. The Balaban J connectivity index is 2.18. The van der Waals surface area contributed by atoms with Gasteiger partial charge in [0.05, 0.1) is 11.2 Å². The second-order valence-corrected chi connectivity index (χ2v) is 5.87. The van der Waals surface area contributed by atoms with Crippen molar-refractivity contribution in [2.45, 2.75) is 39.2 Å². The van der Waals surface area contributed by atoms with Crippen molar-refractivity contribution in [3.63, 3.8) is 0 Å². The van der Waals surface area contributed by atoms with Crippen LogP contribution in [-0.4, -0.2) is 16.4 Å². The summed E-state index contributed by atoms with van der Waals surface area (Å²) < 4.78 is 0. The number of nitrogens with zero attached hydrogens (tertiary/aromatic N) is 1. The summed E-state index contributed by atoms with van der Waals surface area (Å²) in [7, 11) is 0. The normalized spacial score (nSPS) is 11.6. The summed E-state index contributed by atoms with van der Waals surface area (Å²) in [6.07, 6.45) is 2.83. The molecule has 1 aromatic carbocycles. The van der Waals surface area contributed by atoms with Crippen LogP contribution in [0.2, 0.25) is 0 Å². The van der Waals surface area contributed by atoms with E-state index < -0.39 is 0 Å². The molecule has 4 heteroatoms. The molecule has 0 unspecified atom stereocenters. The highest BCUT2D eigenvalue weighted by Crippen LogP contribution is 2.24. The largest absolute Gasteiger partial charge is 0.326 e. The van der Waals surface area contributed by atoms with E-state index in [4.69, 9.17) is 5.73 Å². The fourth-order valence-electron chi connectivity index (χ4n) is 2.07. The van der Waals surface area contributed by atoms with Gasteiger partial charge >= 0.3 is 0 Å².